The monoisotopic (exact) mass is 525 g/mol. The van der Waals surface area contributed by atoms with E-state index in [1.54, 1.807) is 6.07 Å². The summed E-state index contributed by atoms with van der Waals surface area (Å²) < 4.78 is 73.1. The largest absolute Gasteiger partial charge is 0.495 e. The molecule has 11 heteroatoms. The molecule has 2 aliphatic rings. The van der Waals surface area contributed by atoms with E-state index < -0.39 is 21.8 Å². The third-order valence-electron chi connectivity index (χ3n) is 6.56. The number of halogens is 3. The number of nitrogens with one attached hydrogen (secondary N) is 1. The van der Waals surface area contributed by atoms with E-state index in [1.807, 2.05) is 24.0 Å². The molecule has 0 radical (unpaired) electrons. The smallest absolute Gasteiger partial charge is 0.416 e. The van der Waals surface area contributed by atoms with E-state index in [9.17, 15) is 26.4 Å². The molecule has 0 bridgehead atoms. The van der Waals surface area contributed by atoms with Crippen LogP contribution in [0.2, 0.25) is 0 Å². The summed E-state index contributed by atoms with van der Waals surface area (Å²) in [5.41, 5.74) is 0.587. The maximum Gasteiger partial charge on any atom is 0.416 e. The first-order chi connectivity index (χ1) is 17.0. The van der Waals surface area contributed by atoms with Gasteiger partial charge >= 0.3 is 6.18 Å². The van der Waals surface area contributed by atoms with Crippen molar-refractivity contribution in [2.45, 2.75) is 55.8 Å². The Balaban J connectivity index is 1.41. The zero-order valence-electron chi connectivity index (χ0n) is 20.2. The fourth-order valence-electron chi connectivity index (χ4n) is 4.62. The first-order valence-electron chi connectivity index (χ1n) is 11.9. The van der Waals surface area contributed by atoms with Gasteiger partial charge in [0.15, 0.2) is 0 Å². The van der Waals surface area contributed by atoms with Gasteiger partial charge in [-0.1, -0.05) is 12.1 Å². The molecule has 1 aliphatic heterocycles. The molecule has 2 aromatic rings. The summed E-state index contributed by atoms with van der Waals surface area (Å²) in [6, 6.07) is 8.91. The predicted octanol–water partition coefficient (Wildman–Crippen LogP) is 4.28. The maximum absolute atomic E-state index is 13.4. The second-order valence-corrected chi connectivity index (χ2v) is 11.2. The minimum atomic E-state index is -4.62. The quantitative estimate of drug-likeness (QED) is 0.557. The molecule has 2 fully saturated rings. The van der Waals surface area contributed by atoms with Crippen LogP contribution in [-0.2, 0) is 21.0 Å². The van der Waals surface area contributed by atoms with Crippen LogP contribution >= 0.6 is 0 Å². The van der Waals surface area contributed by atoms with E-state index in [0.29, 0.717) is 56.3 Å². The molecule has 1 saturated heterocycles. The van der Waals surface area contributed by atoms with Crippen LogP contribution in [0.1, 0.15) is 36.8 Å². The second kappa shape index (κ2) is 10.4. The highest BCUT2D eigenvalue weighted by Crippen LogP contribution is 2.38. The summed E-state index contributed by atoms with van der Waals surface area (Å²) in [5, 5.41) is 2.87. The van der Waals surface area contributed by atoms with Crippen molar-refractivity contribution in [2.75, 3.05) is 32.1 Å². The fourth-order valence-corrected chi connectivity index (χ4v) is 6.60. The van der Waals surface area contributed by atoms with Gasteiger partial charge in [0.2, 0.25) is 15.9 Å². The number of hydrogen-bond donors (Lipinski definition) is 1. The number of amides is 1. The number of sulfonamides is 1. The number of alkyl halides is 3. The molecule has 1 amide bonds. The molecule has 36 heavy (non-hydrogen) atoms. The highest BCUT2D eigenvalue weighted by atomic mass is 32.2. The van der Waals surface area contributed by atoms with Crippen LogP contribution in [0.3, 0.4) is 0 Å². The minimum Gasteiger partial charge on any atom is -0.495 e. The Labute approximate surface area is 209 Å². The summed E-state index contributed by atoms with van der Waals surface area (Å²) in [7, 11) is -2.56. The van der Waals surface area contributed by atoms with E-state index >= 15 is 0 Å². The van der Waals surface area contributed by atoms with Gasteiger partial charge in [0.1, 0.15) is 5.75 Å². The number of aryl methyl sites for hydroxylation is 1. The Morgan fingerprint density at radius 3 is 2.36 bits per heavy atom. The molecule has 0 atom stereocenters. The van der Waals surface area contributed by atoms with E-state index in [4.69, 9.17) is 4.74 Å². The van der Waals surface area contributed by atoms with Crippen molar-refractivity contribution >= 4 is 21.6 Å². The number of hydrogen-bond acceptors (Lipinski definition) is 5. The number of benzene rings is 2. The van der Waals surface area contributed by atoms with Crippen LogP contribution < -0.4 is 10.1 Å². The number of nitrogens with zero attached hydrogens (tertiary/aromatic N) is 2. The van der Waals surface area contributed by atoms with Crippen molar-refractivity contribution < 1.29 is 31.1 Å². The van der Waals surface area contributed by atoms with Gasteiger partial charge in [-0.05, 0) is 68.5 Å². The van der Waals surface area contributed by atoms with Crippen LogP contribution in [0.15, 0.2) is 47.4 Å². The van der Waals surface area contributed by atoms with Gasteiger partial charge in [-0.2, -0.15) is 17.5 Å². The fraction of sp³-hybridized carbons (Fsp3) is 0.480. The normalized spacial score (nSPS) is 17.8. The lowest BCUT2D eigenvalue weighted by atomic mass is 10.0. The average Bonchev–Trinajstić information content (AvgIpc) is 3.65. The van der Waals surface area contributed by atoms with Gasteiger partial charge in [0.05, 0.1) is 29.8 Å². The molecule has 7 nitrogen and oxygen atoms in total. The van der Waals surface area contributed by atoms with Crippen LogP contribution in [0.25, 0.3) is 0 Å². The first kappa shape index (κ1) is 26.4. The highest BCUT2D eigenvalue weighted by Gasteiger charge is 2.44. The molecule has 0 spiro atoms. The van der Waals surface area contributed by atoms with Crippen LogP contribution in [-0.4, -0.2) is 62.4 Å². The molecule has 2 aromatic carbocycles. The molecule has 0 unspecified atom stereocenters. The van der Waals surface area contributed by atoms with E-state index in [0.717, 1.165) is 17.7 Å². The van der Waals surface area contributed by atoms with Crippen molar-refractivity contribution in [3.8, 4) is 5.75 Å². The molecular weight excluding hydrogens is 495 g/mol. The Morgan fingerprint density at radius 1 is 1.08 bits per heavy atom. The van der Waals surface area contributed by atoms with Crippen molar-refractivity contribution in [3.05, 3.63) is 53.6 Å². The van der Waals surface area contributed by atoms with E-state index in [-0.39, 0.29) is 29.4 Å². The molecular formula is C25H30F3N3O4S. The average molecular weight is 526 g/mol. The first-order valence-corrected chi connectivity index (χ1v) is 13.3. The third-order valence-corrected chi connectivity index (χ3v) is 8.56. The van der Waals surface area contributed by atoms with Crippen molar-refractivity contribution in [2.24, 2.45) is 0 Å². The highest BCUT2D eigenvalue weighted by molar-refractivity contribution is 7.89. The van der Waals surface area contributed by atoms with Crippen molar-refractivity contribution in [1.29, 1.82) is 0 Å². The van der Waals surface area contributed by atoms with Crippen LogP contribution in [0.4, 0.5) is 18.9 Å². The number of carbonyl (C=O) groups is 1. The predicted molar refractivity (Wildman–Crippen MR) is 129 cm³/mol. The molecule has 196 valence electrons. The number of anilines is 1. The Kier molecular flexibility index (Phi) is 7.63. The summed E-state index contributed by atoms with van der Waals surface area (Å²) in [4.78, 5) is 14.3. The van der Waals surface area contributed by atoms with Crippen molar-refractivity contribution in [1.82, 2.24) is 9.21 Å². The maximum atomic E-state index is 13.4. The molecule has 1 heterocycles. The zero-order chi connectivity index (χ0) is 26.1. The van der Waals surface area contributed by atoms with Crippen molar-refractivity contribution in [3.63, 3.8) is 0 Å². The molecule has 1 aliphatic carbocycles. The molecule has 1 N–H and O–H groups in total. The van der Waals surface area contributed by atoms with Gasteiger partial charge in [-0.25, -0.2) is 8.42 Å². The van der Waals surface area contributed by atoms with Crippen LogP contribution in [0.5, 0.6) is 5.75 Å². The minimum absolute atomic E-state index is 0.146. The number of piperidine rings is 1. The lowest BCUT2D eigenvalue weighted by molar-refractivity contribution is -0.137. The number of rotatable bonds is 8. The number of likely N-dealkylation sites (tertiary alicyclic amines) is 1. The Hall–Kier alpha value is -2.63. The second-order valence-electron chi connectivity index (χ2n) is 9.35. The SMILES string of the molecule is COc1ccc(C)cc1NC(=O)CN1CCC(N(C2CC2)S(=O)(=O)c2cccc(C(F)(F)F)c2)CC1. The molecule has 1 saturated carbocycles. The third kappa shape index (κ3) is 6.01. The summed E-state index contributed by atoms with van der Waals surface area (Å²) in [6.45, 7) is 3.07. The van der Waals surface area contributed by atoms with Gasteiger partial charge in [0, 0.05) is 25.2 Å². The summed E-state index contributed by atoms with van der Waals surface area (Å²) >= 11 is 0. The lowest BCUT2D eigenvalue weighted by Crippen LogP contribution is -2.49. The Bertz CT molecular complexity index is 1210. The van der Waals surface area contributed by atoms with Gasteiger partial charge < -0.3 is 10.1 Å². The topological polar surface area (TPSA) is 79.0 Å². The summed E-state index contributed by atoms with van der Waals surface area (Å²) in [6.07, 6.45) is -2.24. The molecule has 0 aromatic heterocycles. The van der Waals surface area contributed by atoms with Gasteiger partial charge in [0.25, 0.3) is 0 Å². The zero-order valence-corrected chi connectivity index (χ0v) is 21.0. The van der Waals surface area contributed by atoms with Gasteiger partial charge in [-0.15, -0.1) is 0 Å². The number of ether oxygens (including phenoxy) is 1. The standard InChI is InChI=1S/C25H30F3N3O4S/c1-17-6-9-23(35-2)22(14-17)29-24(32)16-30-12-10-20(11-13-30)31(19-7-8-19)36(33,34)21-5-3-4-18(15-21)25(26,27)28/h3-6,9,14-15,19-20H,7-8,10-13,16H2,1-2H3,(H,29,32). The number of methoxy groups -OCH3 is 1. The Morgan fingerprint density at radius 2 is 1.75 bits per heavy atom. The number of carbonyl (C=O) groups excluding carboxylic acids is 1. The van der Waals surface area contributed by atoms with E-state index in [1.165, 1.54) is 17.5 Å². The lowest BCUT2D eigenvalue weighted by Gasteiger charge is -2.37. The van der Waals surface area contributed by atoms with Gasteiger partial charge in [-0.3, -0.25) is 9.69 Å². The molecule has 4 rings (SSSR count). The summed E-state index contributed by atoms with van der Waals surface area (Å²) in [5.74, 6) is 0.362. The van der Waals surface area contributed by atoms with E-state index in [2.05, 4.69) is 5.32 Å². The van der Waals surface area contributed by atoms with Crippen LogP contribution in [0, 0.1) is 6.92 Å².